The van der Waals surface area contributed by atoms with Gasteiger partial charge in [0, 0.05) is 32.1 Å². The van der Waals surface area contributed by atoms with Gasteiger partial charge in [-0.2, -0.15) is 0 Å². The third-order valence-corrected chi connectivity index (χ3v) is 3.81. The Kier molecular flexibility index (Phi) is 4.77. The van der Waals surface area contributed by atoms with E-state index in [1.807, 2.05) is 29.2 Å². The molecule has 108 valence electrons. The van der Waals surface area contributed by atoms with E-state index in [9.17, 15) is 9.59 Å². The predicted octanol–water partition coefficient (Wildman–Crippen LogP) is 2.19. The molecule has 0 unspecified atom stereocenters. The van der Waals surface area contributed by atoms with E-state index in [1.54, 1.807) is 0 Å². The second-order valence-electron chi connectivity index (χ2n) is 5.58. The highest BCUT2D eigenvalue weighted by molar-refractivity contribution is 5.94. The van der Waals surface area contributed by atoms with Gasteiger partial charge in [-0.05, 0) is 36.5 Å². The minimum Gasteiger partial charge on any atom is -0.352 e. The van der Waals surface area contributed by atoms with Crippen LogP contribution in [0.25, 0.3) is 0 Å². The van der Waals surface area contributed by atoms with Crippen molar-refractivity contribution >= 4 is 11.8 Å². The molecule has 1 heterocycles. The van der Waals surface area contributed by atoms with E-state index in [4.69, 9.17) is 0 Å². The van der Waals surface area contributed by atoms with Crippen molar-refractivity contribution < 1.29 is 9.59 Å². The van der Waals surface area contributed by atoms with Crippen LogP contribution in [0.15, 0.2) is 24.3 Å². The van der Waals surface area contributed by atoms with Crippen molar-refractivity contribution in [3.8, 4) is 0 Å². The maximum atomic E-state index is 12.3. The largest absolute Gasteiger partial charge is 0.352 e. The maximum absolute atomic E-state index is 12.3. The average Bonchev–Trinajstić information content (AvgIpc) is 2.46. The van der Waals surface area contributed by atoms with Crippen LogP contribution >= 0.6 is 0 Å². The number of hydrogen-bond acceptors (Lipinski definition) is 2. The SMILES string of the molecule is CC(=O)NCc1ccc(C(=O)N2CCC(C)CC2)cc1. The molecule has 4 nitrogen and oxygen atoms in total. The molecule has 0 bridgehead atoms. The molecular formula is C16H22N2O2. The van der Waals surface area contributed by atoms with E-state index in [2.05, 4.69) is 12.2 Å². The fraction of sp³-hybridized carbons (Fsp3) is 0.500. The van der Waals surface area contributed by atoms with Gasteiger partial charge >= 0.3 is 0 Å². The summed E-state index contributed by atoms with van der Waals surface area (Å²) >= 11 is 0. The summed E-state index contributed by atoms with van der Waals surface area (Å²) in [6, 6.07) is 7.49. The zero-order valence-corrected chi connectivity index (χ0v) is 12.2. The summed E-state index contributed by atoms with van der Waals surface area (Å²) in [7, 11) is 0. The molecule has 0 saturated carbocycles. The van der Waals surface area contributed by atoms with E-state index in [0.29, 0.717) is 6.54 Å². The van der Waals surface area contributed by atoms with Crippen molar-refractivity contribution in [3.05, 3.63) is 35.4 Å². The standard InChI is InChI=1S/C16H22N2O2/c1-12-7-9-18(10-8-12)16(20)15-5-3-14(4-6-15)11-17-13(2)19/h3-6,12H,7-11H2,1-2H3,(H,17,19). The number of piperidine rings is 1. The second-order valence-corrected chi connectivity index (χ2v) is 5.58. The van der Waals surface area contributed by atoms with Gasteiger partial charge in [0.1, 0.15) is 0 Å². The topological polar surface area (TPSA) is 49.4 Å². The molecule has 1 aliphatic heterocycles. The second kappa shape index (κ2) is 6.55. The summed E-state index contributed by atoms with van der Waals surface area (Å²) < 4.78 is 0. The van der Waals surface area contributed by atoms with Crippen molar-refractivity contribution in [2.45, 2.75) is 33.2 Å². The highest BCUT2D eigenvalue weighted by atomic mass is 16.2. The lowest BCUT2D eigenvalue weighted by Crippen LogP contribution is -2.37. The van der Waals surface area contributed by atoms with Crippen LogP contribution < -0.4 is 5.32 Å². The van der Waals surface area contributed by atoms with Crippen molar-refractivity contribution in [2.24, 2.45) is 5.92 Å². The molecule has 0 aromatic heterocycles. The zero-order chi connectivity index (χ0) is 14.5. The number of amides is 2. The smallest absolute Gasteiger partial charge is 0.253 e. The van der Waals surface area contributed by atoms with Crippen LogP contribution in [-0.4, -0.2) is 29.8 Å². The summed E-state index contributed by atoms with van der Waals surface area (Å²) in [5.41, 5.74) is 1.73. The van der Waals surface area contributed by atoms with E-state index in [0.717, 1.165) is 43.0 Å². The first kappa shape index (κ1) is 14.6. The normalized spacial score (nSPS) is 16.0. The molecule has 2 rings (SSSR count). The Balaban J connectivity index is 1.95. The molecule has 2 amide bonds. The maximum Gasteiger partial charge on any atom is 0.253 e. The fourth-order valence-electron chi connectivity index (χ4n) is 2.39. The Morgan fingerprint density at radius 2 is 1.80 bits per heavy atom. The molecule has 1 aliphatic rings. The van der Waals surface area contributed by atoms with Crippen LogP contribution in [0.2, 0.25) is 0 Å². The van der Waals surface area contributed by atoms with Gasteiger partial charge < -0.3 is 10.2 Å². The summed E-state index contributed by atoms with van der Waals surface area (Å²) in [5, 5.41) is 2.74. The number of benzene rings is 1. The van der Waals surface area contributed by atoms with Crippen LogP contribution in [-0.2, 0) is 11.3 Å². The number of hydrogen-bond donors (Lipinski definition) is 1. The van der Waals surface area contributed by atoms with Gasteiger partial charge in [-0.3, -0.25) is 9.59 Å². The highest BCUT2D eigenvalue weighted by Gasteiger charge is 2.21. The Hall–Kier alpha value is -1.84. The molecule has 1 N–H and O–H groups in total. The number of nitrogens with one attached hydrogen (secondary N) is 1. The molecular weight excluding hydrogens is 252 g/mol. The van der Waals surface area contributed by atoms with Crippen LogP contribution in [0.4, 0.5) is 0 Å². The lowest BCUT2D eigenvalue weighted by Gasteiger charge is -2.30. The number of carbonyl (C=O) groups excluding carboxylic acids is 2. The van der Waals surface area contributed by atoms with E-state index >= 15 is 0 Å². The molecule has 0 atom stereocenters. The van der Waals surface area contributed by atoms with Gasteiger partial charge in [0.15, 0.2) is 0 Å². The minimum absolute atomic E-state index is 0.0485. The predicted molar refractivity (Wildman–Crippen MR) is 78.3 cm³/mol. The first-order valence-electron chi connectivity index (χ1n) is 7.19. The first-order chi connectivity index (χ1) is 9.56. The van der Waals surface area contributed by atoms with E-state index in [1.165, 1.54) is 6.92 Å². The molecule has 0 radical (unpaired) electrons. The molecule has 1 aromatic carbocycles. The number of likely N-dealkylation sites (tertiary alicyclic amines) is 1. The van der Waals surface area contributed by atoms with Crippen molar-refractivity contribution in [2.75, 3.05) is 13.1 Å². The fourth-order valence-corrected chi connectivity index (χ4v) is 2.39. The highest BCUT2D eigenvalue weighted by Crippen LogP contribution is 2.18. The van der Waals surface area contributed by atoms with E-state index in [-0.39, 0.29) is 11.8 Å². The van der Waals surface area contributed by atoms with Gasteiger partial charge in [0.2, 0.25) is 5.91 Å². The Morgan fingerprint density at radius 3 is 2.35 bits per heavy atom. The van der Waals surface area contributed by atoms with Gasteiger partial charge in [0.05, 0.1) is 0 Å². The molecule has 1 aromatic rings. The van der Waals surface area contributed by atoms with Gasteiger partial charge in [-0.25, -0.2) is 0 Å². The summed E-state index contributed by atoms with van der Waals surface area (Å²) in [6.45, 7) is 5.94. The Morgan fingerprint density at radius 1 is 1.20 bits per heavy atom. The van der Waals surface area contributed by atoms with Crippen LogP contribution in [0.3, 0.4) is 0 Å². The number of carbonyl (C=O) groups is 2. The Labute approximate surface area is 120 Å². The molecule has 4 heteroatoms. The van der Waals surface area contributed by atoms with Crippen molar-refractivity contribution in [1.82, 2.24) is 10.2 Å². The van der Waals surface area contributed by atoms with E-state index < -0.39 is 0 Å². The van der Waals surface area contributed by atoms with Gasteiger partial charge in [-0.15, -0.1) is 0 Å². The monoisotopic (exact) mass is 274 g/mol. The van der Waals surface area contributed by atoms with Crippen molar-refractivity contribution in [1.29, 1.82) is 0 Å². The average molecular weight is 274 g/mol. The molecule has 20 heavy (non-hydrogen) atoms. The summed E-state index contributed by atoms with van der Waals surface area (Å²) in [6.07, 6.45) is 2.18. The van der Waals surface area contributed by atoms with Crippen LogP contribution in [0, 0.1) is 5.92 Å². The first-order valence-corrected chi connectivity index (χ1v) is 7.19. The molecule has 0 aliphatic carbocycles. The molecule has 1 saturated heterocycles. The van der Waals surface area contributed by atoms with Gasteiger partial charge in [-0.1, -0.05) is 19.1 Å². The third-order valence-electron chi connectivity index (χ3n) is 3.81. The lowest BCUT2D eigenvalue weighted by atomic mass is 9.98. The van der Waals surface area contributed by atoms with Gasteiger partial charge in [0.25, 0.3) is 5.91 Å². The van der Waals surface area contributed by atoms with Crippen LogP contribution in [0.1, 0.15) is 42.6 Å². The van der Waals surface area contributed by atoms with Crippen LogP contribution in [0.5, 0.6) is 0 Å². The lowest BCUT2D eigenvalue weighted by molar-refractivity contribution is -0.119. The zero-order valence-electron chi connectivity index (χ0n) is 12.2. The summed E-state index contributed by atoms with van der Waals surface area (Å²) in [5.74, 6) is 0.787. The quantitative estimate of drug-likeness (QED) is 0.918. The number of nitrogens with zero attached hydrogens (tertiary/aromatic N) is 1. The number of rotatable bonds is 3. The Bertz CT molecular complexity index is 474. The third kappa shape index (κ3) is 3.83. The molecule has 0 spiro atoms. The summed E-state index contributed by atoms with van der Waals surface area (Å²) in [4.78, 5) is 25.1. The van der Waals surface area contributed by atoms with Crippen molar-refractivity contribution in [3.63, 3.8) is 0 Å². The minimum atomic E-state index is -0.0485. The molecule has 1 fully saturated rings.